The van der Waals surface area contributed by atoms with Gasteiger partial charge in [0, 0.05) is 23.6 Å². The van der Waals surface area contributed by atoms with E-state index in [4.69, 9.17) is 4.52 Å². The summed E-state index contributed by atoms with van der Waals surface area (Å²) in [4.78, 5) is 12.6. The molecule has 3 N–H and O–H groups in total. The van der Waals surface area contributed by atoms with Crippen LogP contribution in [0.15, 0.2) is 35.1 Å². The van der Waals surface area contributed by atoms with Crippen molar-refractivity contribution in [3.05, 3.63) is 53.4 Å². The van der Waals surface area contributed by atoms with E-state index in [1.165, 1.54) is 24.5 Å². The molecule has 0 saturated carbocycles. The van der Waals surface area contributed by atoms with Crippen LogP contribution in [0.5, 0.6) is 0 Å². The van der Waals surface area contributed by atoms with Crippen molar-refractivity contribution in [2.24, 2.45) is 0 Å². The predicted molar refractivity (Wildman–Crippen MR) is 93.2 cm³/mol. The topological polar surface area (TPSA) is 95.8 Å². The van der Waals surface area contributed by atoms with Crippen molar-refractivity contribution in [3.63, 3.8) is 0 Å². The van der Waals surface area contributed by atoms with Crippen molar-refractivity contribution in [1.29, 1.82) is 0 Å². The van der Waals surface area contributed by atoms with Gasteiger partial charge in [-0.2, -0.15) is 5.10 Å². The Bertz CT molecular complexity index is 942. The smallest absolute Gasteiger partial charge is 0.262 e. The van der Waals surface area contributed by atoms with Gasteiger partial charge in [0.25, 0.3) is 5.91 Å². The SMILES string of the molecule is O=C(Nc1cc(-c2cc(F)cc(F)c2)[nH]n1)c1conc1C1CCNCC1. The molecule has 0 unspecified atom stereocenters. The summed E-state index contributed by atoms with van der Waals surface area (Å²) in [5.41, 5.74) is 1.67. The predicted octanol–water partition coefficient (Wildman–Crippen LogP) is 3.06. The minimum Gasteiger partial charge on any atom is -0.364 e. The van der Waals surface area contributed by atoms with Crippen LogP contribution in [0.1, 0.15) is 34.8 Å². The largest absolute Gasteiger partial charge is 0.364 e. The van der Waals surface area contributed by atoms with Crippen LogP contribution in [0.25, 0.3) is 11.3 Å². The molecule has 0 spiro atoms. The van der Waals surface area contributed by atoms with E-state index >= 15 is 0 Å². The van der Waals surface area contributed by atoms with Crippen molar-refractivity contribution >= 4 is 11.7 Å². The van der Waals surface area contributed by atoms with Gasteiger partial charge in [0.15, 0.2) is 5.82 Å². The number of piperidine rings is 1. The van der Waals surface area contributed by atoms with Gasteiger partial charge in [-0.1, -0.05) is 5.16 Å². The van der Waals surface area contributed by atoms with Crippen molar-refractivity contribution < 1.29 is 18.1 Å². The summed E-state index contributed by atoms with van der Waals surface area (Å²) < 4.78 is 31.8. The first kappa shape index (κ1) is 17.3. The lowest BCUT2D eigenvalue weighted by Crippen LogP contribution is -2.28. The summed E-state index contributed by atoms with van der Waals surface area (Å²) in [7, 11) is 0. The molecule has 0 radical (unpaired) electrons. The zero-order valence-corrected chi connectivity index (χ0v) is 14.3. The lowest BCUT2D eigenvalue weighted by atomic mass is 9.92. The van der Waals surface area contributed by atoms with Gasteiger partial charge in [-0.25, -0.2) is 8.78 Å². The summed E-state index contributed by atoms with van der Waals surface area (Å²) in [5.74, 6) is -1.39. The first-order valence-corrected chi connectivity index (χ1v) is 8.58. The number of carbonyl (C=O) groups is 1. The first-order valence-electron chi connectivity index (χ1n) is 8.58. The molecule has 7 nitrogen and oxygen atoms in total. The van der Waals surface area contributed by atoms with Gasteiger partial charge in [-0.05, 0) is 38.1 Å². The monoisotopic (exact) mass is 373 g/mol. The zero-order chi connectivity index (χ0) is 18.8. The number of aromatic amines is 1. The van der Waals surface area contributed by atoms with Crippen LogP contribution in [0.3, 0.4) is 0 Å². The number of hydrogen-bond acceptors (Lipinski definition) is 5. The number of nitrogens with one attached hydrogen (secondary N) is 3. The van der Waals surface area contributed by atoms with Crippen molar-refractivity contribution in [2.45, 2.75) is 18.8 Å². The number of benzene rings is 1. The van der Waals surface area contributed by atoms with Crippen LogP contribution >= 0.6 is 0 Å². The Kier molecular flexibility index (Phi) is 4.68. The third-order valence-corrected chi connectivity index (χ3v) is 4.56. The Hall–Kier alpha value is -3.07. The zero-order valence-electron chi connectivity index (χ0n) is 14.3. The molecule has 0 aliphatic carbocycles. The summed E-state index contributed by atoms with van der Waals surface area (Å²) in [5, 5.41) is 16.6. The van der Waals surface area contributed by atoms with E-state index in [0.29, 0.717) is 22.5 Å². The molecule has 1 amide bonds. The summed E-state index contributed by atoms with van der Waals surface area (Å²) in [6.07, 6.45) is 3.08. The van der Waals surface area contributed by atoms with E-state index in [1.807, 2.05) is 0 Å². The normalized spacial score (nSPS) is 15.0. The number of rotatable bonds is 4. The fraction of sp³-hybridized carbons (Fsp3) is 0.278. The highest BCUT2D eigenvalue weighted by atomic mass is 19.1. The molecule has 1 fully saturated rings. The van der Waals surface area contributed by atoms with Crippen molar-refractivity contribution in [1.82, 2.24) is 20.7 Å². The van der Waals surface area contributed by atoms with Gasteiger partial charge >= 0.3 is 0 Å². The fourth-order valence-corrected chi connectivity index (χ4v) is 3.23. The van der Waals surface area contributed by atoms with Crippen LogP contribution in [0, 0.1) is 11.6 Å². The molecule has 4 rings (SSSR count). The molecule has 3 aromatic rings. The van der Waals surface area contributed by atoms with Gasteiger partial charge in [-0.15, -0.1) is 0 Å². The maximum Gasteiger partial charge on any atom is 0.262 e. The number of amides is 1. The Morgan fingerprint density at radius 2 is 1.89 bits per heavy atom. The third kappa shape index (κ3) is 3.72. The molecule has 1 saturated heterocycles. The van der Waals surface area contributed by atoms with Gasteiger partial charge in [0.2, 0.25) is 0 Å². The minimum atomic E-state index is -0.693. The summed E-state index contributed by atoms with van der Waals surface area (Å²) in [6, 6.07) is 4.65. The van der Waals surface area contributed by atoms with E-state index in [9.17, 15) is 13.6 Å². The van der Waals surface area contributed by atoms with E-state index in [1.54, 1.807) is 0 Å². The van der Waals surface area contributed by atoms with Gasteiger partial charge < -0.3 is 15.2 Å². The second-order valence-corrected chi connectivity index (χ2v) is 6.42. The number of anilines is 1. The van der Waals surface area contributed by atoms with E-state index in [2.05, 4.69) is 26.0 Å². The van der Waals surface area contributed by atoms with Crippen molar-refractivity contribution in [3.8, 4) is 11.3 Å². The molecular formula is C18H17F2N5O2. The molecule has 1 aliphatic heterocycles. The quantitative estimate of drug-likeness (QED) is 0.653. The summed E-state index contributed by atoms with van der Waals surface area (Å²) >= 11 is 0. The summed E-state index contributed by atoms with van der Waals surface area (Å²) in [6.45, 7) is 1.73. The number of carbonyl (C=O) groups excluding carboxylic acids is 1. The van der Waals surface area contributed by atoms with Crippen LogP contribution < -0.4 is 10.6 Å². The standard InChI is InChI=1S/C18H17F2N5O2/c19-12-5-11(6-13(20)7-12)15-8-16(24-23-15)22-18(26)14-9-27-25-17(14)10-1-3-21-4-2-10/h5-10,21H,1-4H2,(H2,22,23,24,26). The number of hydrogen-bond donors (Lipinski definition) is 3. The molecule has 1 aliphatic rings. The highest BCUT2D eigenvalue weighted by molar-refractivity contribution is 6.04. The average molecular weight is 373 g/mol. The maximum atomic E-state index is 13.4. The molecule has 27 heavy (non-hydrogen) atoms. The first-order chi connectivity index (χ1) is 13.1. The van der Waals surface area contributed by atoms with Crippen molar-refractivity contribution in [2.75, 3.05) is 18.4 Å². The Morgan fingerprint density at radius 1 is 1.15 bits per heavy atom. The Morgan fingerprint density at radius 3 is 2.63 bits per heavy atom. The number of halogens is 2. The van der Waals surface area contributed by atoms with E-state index < -0.39 is 17.5 Å². The molecule has 1 aromatic carbocycles. The second-order valence-electron chi connectivity index (χ2n) is 6.42. The minimum absolute atomic E-state index is 0.163. The lowest BCUT2D eigenvalue weighted by molar-refractivity contribution is 0.102. The molecule has 2 aromatic heterocycles. The van der Waals surface area contributed by atoms with Gasteiger partial charge in [-0.3, -0.25) is 9.89 Å². The maximum absolute atomic E-state index is 13.4. The van der Waals surface area contributed by atoms with E-state index in [-0.39, 0.29) is 11.7 Å². The highest BCUT2D eigenvalue weighted by Crippen LogP contribution is 2.28. The highest BCUT2D eigenvalue weighted by Gasteiger charge is 2.25. The van der Waals surface area contributed by atoms with Gasteiger partial charge in [0.05, 0.1) is 11.4 Å². The third-order valence-electron chi connectivity index (χ3n) is 4.56. The molecule has 9 heteroatoms. The number of H-pyrrole nitrogens is 1. The molecule has 0 bridgehead atoms. The van der Waals surface area contributed by atoms with Crippen LogP contribution in [0.2, 0.25) is 0 Å². The van der Waals surface area contributed by atoms with Gasteiger partial charge in [0.1, 0.15) is 23.5 Å². The number of nitrogens with zero attached hydrogens (tertiary/aromatic N) is 2. The number of aromatic nitrogens is 3. The van der Waals surface area contributed by atoms with Crippen LogP contribution in [-0.2, 0) is 0 Å². The Balaban J connectivity index is 1.51. The van der Waals surface area contributed by atoms with Crippen LogP contribution in [-0.4, -0.2) is 34.4 Å². The van der Waals surface area contributed by atoms with E-state index in [0.717, 1.165) is 32.0 Å². The second kappa shape index (κ2) is 7.28. The lowest BCUT2D eigenvalue weighted by Gasteiger charge is -2.21. The Labute approximate surface area is 153 Å². The molecule has 0 atom stereocenters. The fourth-order valence-electron chi connectivity index (χ4n) is 3.23. The molecule has 3 heterocycles. The van der Waals surface area contributed by atoms with Crippen LogP contribution in [0.4, 0.5) is 14.6 Å². The average Bonchev–Trinajstić information content (AvgIpc) is 3.31. The molecular weight excluding hydrogens is 356 g/mol. The molecule has 140 valence electrons.